The van der Waals surface area contributed by atoms with Gasteiger partial charge in [-0.05, 0) is 18.6 Å². The summed E-state index contributed by atoms with van der Waals surface area (Å²) >= 11 is 11.9. The van der Waals surface area contributed by atoms with Crippen molar-refractivity contribution in [2.75, 3.05) is 25.6 Å². The van der Waals surface area contributed by atoms with Gasteiger partial charge in [0.15, 0.2) is 9.84 Å². The second-order valence-corrected chi connectivity index (χ2v) is 10.8. The van der Waals surface area contributed by atoms with E-state index in [9.17, 15) is 21.6 Å². The zero-order chi connectivity index (χ0) is 18.3. The molecule has 1 aliphatic rings. The van der Waals surface area contributed by atoms with E-state index in [4.69, 9.17) is 23.2 Å². The maximum Gasteiger partial charge on any atom is 0.253 e. The van der Waals surface area contributed by atoms with Crippen molar-refractivity contribution in [3.8, 4) is 0 Å². The number of sulfone groups is 1. The van der Waals surface area contributed by atoms with Gasteiger partial charge in [-0.2, -0.15) is 0 Å². The lowest BCUT2D eigenvalue weighted by atomic mass is 10.2. The first kappa shape index (κ1) is 19.5. The zero-order valence-electron chi connectivity index (χ0n) is 12.9. The fourth-order valence-electron chi connectivity index (χ4n) is 2.27. The van der Waals surface area contributed by atoms with Crippen LogP contribution < -0.4 is 5.32 Å². The lowest BCUT2D eigenvalue weighted by Gasteiger charge is -2.16. The highest BCUT2D eigenvalue weighted by atomic mass is 35.5. The highest BCUT2D eigenvalue weighted by Crippen LogP contribution is 2.30. The second kappa shape index (κ2) is 6.80. The Balaban J connectivity index is 2.35. The van der Waals surface area contributed by atoms with Gasteiger partial charge >= 0.3 is 0 Å². The van der Waals surface area contributed by atoms with Gasteiger partial charge in [-0.15, -0.1) is 0 Å². The smallest absolute Gasteiger partial charge is 0.253 e. The van der Waals surface area contributed by atoms with Crippen LogP contribution in [0, 0.1) is 0 Å². The Morgan fingerprint density at radius 1 is 1.25 bits per heavy atom. The largest absolute Gasteiger partial charge is 0.348 e. The van der Waals surface area contributed by atoms with Gasteiger partial charge in [-0.3, -0.25) is 4.79 Å². The number of hydrogen-bond acceptors (Lipinski definition) is 5. The molecule has 11 heteroatoms. The molecule has 2 rings (SSSR count). The van der Waals surface area contributed by atoms with Crippen LogP contribution >= 0.6 is 23.2 Å². The third-order valence-corrected chi connectivity index (χ3v) is 7.95. The fourth-order valence-corrected chi connectivity index (χ4v) is 5.67. The Labute approximate surface area is 150 Å². The lowest BCUT2D eigenvalue weighted by Crippen LogP contribution is -2.36. The van der Waals surface area contributed by atoms with E-state index in [1.54, 1.807) is 0 Å². The normalized spacial score (nSPS) is 20.3. The number of benzene rings is 1. The molecule has 1 unspecified atom stereocenters. The molecular formula is C13H16Cl2N2O5S2. The lowest BCUT2D eigenvalue weighted by molar-refractivity contribution is 0.0941. The van der Waals surface area contributed by atoms with Crippen molar-refractivity contribution in [1.29, 1.82) is 0 Å². The van der Waals surface area contributed by atoms with E-state index in [1.165, 1.54) is 20.2 Å². The standard InChI is InChI=1S/C13H16Cl2N2O5S2/c1-17(2)24(21,22)12-5-9(10(14)6-11(12)15)13(18)16-8-3-4-23(19,20)7-8/h5-6,8H,3-4,7H2,1-2H3,(H,16,18). The first-order valence-electron chi connectivity index (χ1n) is 6.87. The molecule has 24 heavy (non-hydrogen) atoms. The van der Waals surface area contributed by atoms with Gasteiger partial charge in [0.25, 0.3) is 5.91 Å². The van der Waals surface area contributed by atoms with Gasteiger partial charge in [-0.1, -0.05) is 23.2 Å². The summed E-state index contributed by atoms with van der Waals surface area (Å²) in [6, 6.07) is 1.75. The summed E-state index contributed by atoms with van der Waals surface area (Å²) in [6.45, 7) is 0. The number of sulfonamides is 1. The topological polar surface area (TPSA) is 101 Å². The number of nitrogens with zero attached hydrogens (tertiary/aromatic N) is 1. The molecule has 1 atom stereocenters. The van der Waals surface area contributed by atoms with Crippen LogP contribution in [0.25, 0.3) is 0 Å². The third kappa shape index (κ3) is 4.02. The predicted molar refractivity (Wildman–Crippen MR) is 91.9 cm³/mol. The Morgan fingerprint density at radius 3 is 2.38 bits per heavy atom. The van der Waals surface area contributed by atoms with Crippen LogP contribution in [-0.4, -0.2) is 58.7 Å². The Morgan fingerprint density at radius 2 is 1.88 bits per heavy atom. The molecule has 1 heterocycles. The monoisotopic (exact) mass is 414 g/mol. The molecule has 0 spiro atoms. The van der Waals surface area contributed by atoms with Gasteiger partial charge in [-0.25, -0.2) is 21.1 Å². The van der Waals surface area contributed by atoms with Gasteiger partial charge in [0, 0.05) is 20.1 Å². The molecule has 0 bridgehead atoms. The highest BCUT2D eigenvalue weighted by Gasteiger charge is 2.30. The van der Waals surface area contributed by atoms with E-state index in [0.717, 1.165) is 10.4 Å². The number of carbonyl (C=O) groups is 1. The molecule has 0 aliphatic carbocycles. The summed E-state index contributed by atoms with van der Waals surface area (Å²) in [5.74, 6) is -0.784. The van der Waals surface area contributed by atoms with E-state index in [1.807, 2.05) is 0 Å². The van der Waals surface area contributed by atoms with Crippen LogP contribution in [0.1, 0.15) is 16.8 Å². The first-order chi connectivity index (χ1) is 10.9. The molecule has 1 amide bonds. The number of rotatable bonds is 4. The van der Waals surface area contributed by atoms with Gasteiger partial charge < -0.3 is 5.32 Å². The van der Waals surface area contributed by atoms with Crippen molar-refractivity contribution in [3.05, 3.63) is 27.7 Å². The summed E-state index contributed by atoms with van der Waals surface area (Å²) in [5.41, 5.74) is -0.0780. The van der Waals surface area contributed by atoms with Crippen LogP contribution in [0.2, 0.25) is 10.0 Å². The fraction of sp³-hybridized carbons (Fsp3) is 0.462. The molecule has 1 aliphatic heterocycles. The molecule has 0 saturated carbocycles. The van der Waals surface area contributed by atoms with Crippen molar-refractivity contribution in [2.24, 2.45) is 0 Å². The average molecular weight is 415 g/mol. The average Bonchev–Trinajstić information content (AvgIpc) is 2.77. The van der Waals surface area contributed by atoms with E-state index in [-0.39, 0.29) is 32.0 Å². The van der Waals surface area contributed by atoms with E-state index < -0.39 is 31.8 Å². The molecular weight excluding hydrogens is 399 g/mol. The Hall–Kier alpha value is -0.870. The van der Waals surface area contributed by atoms with Gasteiger partial charge in [0.05, 0.1) is 27.1 Å². The number of hydrogen-bond donors (Lipinski definition) is 1. The molecule has 7 nitrogen and oxygen atoms in total. The van der Waals surface area contributed by atoms with Gasteiger partial charge in [0.1, 0.15) is 4.90 Å². The quantitative estimate of drug-likeness (QED) is 0.796. The molecule has 1 saturated heterocycles. The molecule has 0 radical (unpaired) electrons. The van der Waals surface area contributed by atoms with Crippen LogP contribution in [-0.2, 0) is 19.9 Å². The maximum atomic E-state index is 12.4. The summed E-state index contributed by atoms with van der Waals surface area (Å²) in [6.07, 6.45) is 0.308. The number of amides is 1. The predicted octanol–water partition coefficient (Wildman–Crippen LogP) is 1.16. The minimum Gasteiger partial charge on any atom is -0.348 e. The highest BCUT2D eigenvalue weighted by molar-refractivity contribution is 7.91. The van der Waals surface area contributed by atoms with Crippen LogP contribution in [0.4, 0.5) is 0 Å². The Bertz CT molecular complexity index is 882. The van der Waals surface area contributed by atoms with Crippen molar-refractivity contribution < 1.29 is 21.6 Å². The molecule has 1 N–H and O–H groups in total. The zero-order valence-corrected chi connectivity index (χ0v) is 16.1. The first-order valence-corrected chi connectivity index (χ1v) is 10.9. The number of halogens is 2. The van der Waals surface area contributed by atoms with Crippen LogP contribution in [0.5, 0.6) is 0 Å². The number of carbonyl (C=O) groups excluding carboxylic acids is 1. The third-order valence-electron chi connectivity index (χ3n) is 3.59. The summed E-state index contributed by atoms with van der Waals surface area (Å²) < 4.78 is 48.4. The van der Waals surface area contributed by atoms with Crippen LogP contribution in [0.3, 0.4) is 0 Å². The molecule has 1 aromatic carbocycles. The summed E-state index contributed by atoms with van der Waals surface area (Å²) in [5, 5.41) is 2.44. The summed E-state index contributed by atoms with van der Waals surface area (Å²) in [7, 11) is -4.34. The van der Waals surface area contributed by atoms with Crippen molar-refractivity contribution >= 4 is 49.0 Å². The van der Waals surface area contributed by atoms with Crippen molar-refractivity contribution in [2.45, 2.75) is 17.4 Å². The van der Waals surface area contributed by atoms with Crippen molar-refractivity contribution in [1.82, 2.24) is 9.62 Å². The SMILES string of the molecule is CN(C)S(=O)(=O)c1cc(C(=O)NC2CCS(=O)(=O)C2)c(Cl)cc1Cl. The molecule has 1 fully saturated rings. The van der Waals surface area contributed by atoms with E-state index in [2.05, 4.69) is 5.32 Å². The van der Waals surface area contributed by atoms with E-state index in [0.29, 0.717) is 6.42 Å². The molecule has 134 valence electrons. The van der Waals surface area contributed by atoms with Gasteiger partial charge in [0.2, 0.25) is 10.0 Å². The minimum absolute atomic E-state index is 0.00650. The minimum atomic E-state index is -3.86. The summed E-state index contributed by atoms with van der Waals surface area (Å²) in [4.78, 5) is 12.1. The molecule has 1 aromatic rings. The second-order valence-electron chi connectivity index (χ2n) is 5.62. The molecule has 0 aromatic heterocycles. The van der Waals surface area contributed by atoms with E-state index >= 15 is 0 Å². The maximum absolute atomic E-state index is 12.4. The van der Waals surface area contributed by atoms with Crippen molar-refractivity contribution in [3.63, 3.8) is 0 Å². The number of nitrogens with one attached hydrogen (secondary N) is 1. The Kier molecular flexibility index (Phi) is 5.51. The van der Waals surface area contributed by atoms with Crippen LogP contribution in [0.15, 0.2) is 17.0 Å².